The number of rotatable bonds is 55. The van der Waals surface area contributed by atoms with Crippen LogP contribution >= 0.6 is 0 Å². The second-order valence-corrected chi connectivity index (χ2v) is 20.7. The number of aliphatic hydroxyl groups is 4. The molecule has 0 rings (SSSR count). The SMILES string of the molecule is CCCCCCCCCCC/C=C\C/C=C\CCCCCCCCCCC(O)C(=O)NC(CO)C(O)C(O)CCC/C=C/CC/C=C/CC/C=C/CCCCCCCCCCCCCCCCCC. The summed E-state index contributed by atoms with van der Waals surface area (Å²) in [7, 11) is 0. The third-order valence-electron chi connectivity index (χ3n) is 13.9. The van der Waals surface area contributed by atoms with Crippen LogP contribution in [0.15, 0.2) is 60.8 Å². The zero-order chi connectivity index (χ0) is 50.2. The van der Waals surface area contributed by atoms with Gasteiger partial charge in [0.05, 0.1) is 18.8 Å². The van der Waals surface area contributed by atoms with E-state index in [0.29, 0.717) is 19.3 Å². The molecule has 5 N–H and O–H groups in total. The number of aliphatic hydroxyl groups excluding tert-OH is 4. The molecule has 0 bridgehead atoms. The van der Waals surface area contributed by atoms with E-state index in [2.05, 4.69) is 79.9 Å². The molecular formula is C63H117NO5. The van der Waals surface area contributed by atoms with Gasteiger partial charge in [-0.3, -0.25) is 4.79 Å². The molecule has 6 heteroatoms. The fraction of sp³-hybridized carbons (Fsp3) is 0.825. The van der Waals surface area contributed by atoms with Crippen molar-refractivity contribution < 1.29 is 25.2 Å². The van der Waals surface area contributed by atoms with Gasteiger partial charge in [-0.05, 0) is 96.3 Å². The van der Waals surface area contributed by atoms with E-state index in [0.717, 1.165) is 64.2 Å². The maximum Gasteiger partial charge on any atom is 0.249 e. The number of hydrogen-bond donors (Lipinski definition) is 5. The first-order chi connectivity index (χ1) is 34.0. The first kappa shape index (κ1) is 67.0. The van der Waals surface area contributed by atoms with Crippen molar-refractivity contribution in [1.29, 1.82) is 0 Å². The monoisotopic (exact) mass is 968 g/mol. The Morgan fingerprint density at radius 1 is 0.362 bits per heavy atom. The summed E-state index contributed by atoms with van der Waals surface area (Å²) in [5.74, 6) is -0.603. The van der Waals surface area contributed by atoms with Crippen LogP contribution in [0, 0.1) is 0 Å². The molecule has 0 spiro atoms. The van der Waals surface area contributed by atoms with E-state index in [4.69, 9.17) is 0 Å². The predicted octanol–water partition coefficient (Wildman–Crippen LogP) is 17.9. The highest BCUT2D eigenvalue weighted by Crippen LogP contribution is 2.17. The number of hydrogen-bond acceptors (Lipinski definition) is 5. The predicted molar refractivity (Wildman–Crippen MR) is 302 cm³/mol. The molecule has 0 aliphatic heterocycles. The van der Waals surface area contributed by atoms with Gasteiger partial charge in [-0.15, -0.1) is 0 Å². The first-order valence-electron chi connectivity index (χ1n) is 30.2. The maximum atomic E-state index is 12.6. The van der Waals surface area contributed by atoms with Gasteiger partial charge in [0, 0.05) is 0 Å². The summed E-state index contributed by atoms with van der Waals surface area (Å²) in [6.07, 6.45) is 74.4. The smallest absolute Gasteiger partial charge is 0.249 e. The lowest BCUT2D eigenvalue weighted by molar-refractivity contribution is -0.132. The number of carbonyl (C=O) groups excluding carboxylic acids is 1. The van der Waals surface area contributed by atoms with Gasteiger partial charge in [0.2, 0.25) is 5.91 Å². The second-order valence-electron chi connectivity index (χ2n) is 20.7. The Morgan fingerprint density at radius 3 is 1.00 bits per heavy atom. The van der Waals surface area contributed by atoms with Crippen molar-refractivity contribution in [3.05, 3.63) is 60.8 Å². The highest BCUT2D eigenvalue weighted by molar-refractivity contribution is 5.80. The summed E-state index contributed by atoms with van der Waals surface area (Å²) in [4.78, 5) is 12.6. The molecule has 0 aliphatic carbocycles. The molecule has 6 nitrogen and oxygen atoms in total. The highest BCUT2D eigenvalue weighted by atomic mass is 16.3. The number of amides is 1. The van der Waals surface area contributed by atoms with Crippen LogP contribution in [0.4, 0.5) is 0 Å². The van der Waals surface area contributed by atoms with Crippen molar-refractivity contribution in [1.82, 2.24) is 5.32 Å². The molecule has 0 aromatic rings. The standard InChI is InChI=1S/C63H117NO5/c1-3-5-7-9-11-13-15-17-19-21-23-25-27-29-30-31-32-33-35-36-38-40-42-44-46-48-50-52-54-56-60(66)62(68)59(58-65)64-63(69)61(67)57-55-53-51-49-47-45-43-41-39-37-34-28-26-24-22-20-18-16-14-12-10-8-6-4-2/h24,26,33-35,37,40,42,48,50,59-62,65-68H,3-23,25,27-32,36,38-39,41,43-47,49,51-58H2,1-2H3,(H,64,69)/b26-24-,35-33+,37-34-,42-40+,50-48+. The Labute approximate surface area is 429 Å². The molecule has 1 amide bonds. The minimum absolute atomic E-state index is 0.350. The minimum atomic E-state index is -1.30. The molecule has 4 atom stereocenters. The lowest BCUT2D eigenvalue weighted by Gasteiger charge is -2.27. The van der Waals surface area contributed by atoms with Crippen molar-refractivity contribution in [2.75, 3.05) is 6.61 Å². The van der Waals surface area contributed by atoms with Gasteiger partial charge in [0.25, 0.3) is 0 Å². The minimum Gasteiger partial charge on any atom is -0.394 e. The fourth-order valence-corrected chi connectivity index (χ4v) is 9.18. The van der Waals surface area contributed by atoms with Crippen molar-refractivity contribution in [2.24, 2.45) is 0 Å². The highest BCUT2D eigenvalue weighted by Gasteiger charge is 2.28. The van der Waals surface area contributed by atoms with Gasteiger partial charge in [0.15, 0.2) is 0 Å². The van der Waals surface area contributed by atoms with Crippen molar-refractivity contribution >= 4 is 5.91 Å². The van der Waals surface area contributed by atoms with Crippen LogP contribution in [0.3, 0.4) is 0 Å². The normalized spacial score (nSPS) is 14.1. The Morgan fingerprint density at radius 2 is 0.652 bits per heavy atom. The molecule has 4 unspecified atom stereocenters. The lowest BCUT2D eigenvalue weighted by atomic mass is 10.00. The van der Waals surface area contributed by atoms with Gasteiger partial charge in [-0.1, -0.05) is 267 Å². The first-order valence-corrected chi connectivity index (χ1v) is 30.2. The van der Waals surface area contributed by atoms with E-state index in [1.807, 2.05) is 0 Å². The van der Waals surface area contributed by atoms with Crippen LogP contribution in [0.5, 0.6) is 0 Å². The molecule has 0 fully saturated rings. The van der Waals surface area contributed by atoms with E-state index in [-0.39, 0.29) is 0 Å². The van der Waals surface area contributed by atoms with Gasteiger partial charge in [0.1, 0.15) is 12.2 Å². The van der Waals surface area contributed by atoms with Crippen molar-refractivity contribution in [2.45, 2.75) is 327 Å². The molecule has 0 saturated carbocycles. The lowest BCUT2D eigenvalue weighted by Crippen LogP contribution is -2.53. The van der Waals surface area contributed by atoms with E-state index < -0.39 is 36.9 Å². The number of allylic oxidation sites excluding steroid dienone is 10. The Hall–Kier alpha value is -1.99. The Balaban J connectivity index is 3.71. The van der Waals surface area contributed by atoms with Gasteiger partial charge < -0.3 is 25.7 Å². The van der Waals surface area contributed by atoms with Crippen LogP contribution < -0.4 is 5.32 Å². The van der Waals surface area contributed by atoms with Gasteiger partial charge >= 0.3 is 0 Å². The fourth-order valence-electron chi connectivity index (χ4n) is 9.18. The second kappa shape index (κ2) is 56.9. The molecule has 0 aromatic heterocycles. The summed E-state index contributed by atoms with van der Waals surface area (Å²) in [5, 5.41) is 44.0. The molecule has 0 aromatic carbocycles. The molecule has 0 heterocycles. The molecule has 69 heavy (non-hydrogen) atoms. The van der Waals surface area contributed by atoms with E-state index >= 15 is 0 Å². The third-order valence-corrected chi connectivity index (χ3v) is 13.9. The molecule has 404 valence electrons. The van der Waals surface area contributed by atoms with Crippen molar-refractivity contribution in [3.63, 3.8) is 0 Å². The van der Waals surface area contributed by atoms with E-state index in [9.17, 15) is 25.2 Å². The van der Waals surface area contributed by atoms with Crippen LogP contribution in [-0.2, 0) is 4.79 Å². The zero-order valence-corrected chi connectivity index (χ0v) is 45.8. The summed E-state index contributed by atoms with van der Waals surface area (Å²) in [5.41, 5.74) is 0. The molecule has 0 radical (unpaired) electrons. The largest absolute Gasteiger partial charge is 0.394 e. The van der Waals surface area contributed by atoms with E-state index in [1.165, 1.54) is 205 Å². The van der Waals surface area contributed by atoms with E-state index in [1.54, 1.807) is 0 Å². The Bertz CT molecular complexity index is 1180. The molecular weight excluding hydrogens is 851 g/mol. The number of nitrogens with one attached hydrogen (secondary N) is 1. The van der Waals surface area contributed by atoms with Crippen LogP contribution in [0.2, 0.25) is 0 Å². The average Bonchev–Trinajstić information content (AvgIpc) is 3.35. The quantitative estimate of drug-likeness (QED) is 0.0308. The van der Waals surface area contributed by atoms with Gasteiger partial charge in [-0.25, -0.2) is 0 Å². The summed E-state index contributed by atoms with van der Waals surface area (Å²) in [6.45, 7) is 4.06. The summed E-state index contributed by atoms with van der Waals surface area (Å²) >= 11 is 0. The molecule has 0 saturated heterocycles. The maximum absolute atomic E-state index is 12.6. The summed E-state index contributed by atoms with van der Waals surface area (Å²) in [6, 6.07) is -1.02. The Kier molecular flexibility index (Phi) is 55.3. The zero-order valence-electron chi connectivity index (χ0n) is 45.8. The topological polar surface area (TPSA) is 110 Å². The van der Waals surface area contributed by atoms with Crippen LogP contribution in [-0.4, -0.2) is 57.3 Å². The van der Waals surface area contributed by atoms with Crippen molar-refractivity contribution in [3.8, 4) is 0 Å². The van der Waals surface area contributed by atoms with Gasteiger partial charge in [-0.2, -0.15) is 0 Å². The summed E-state index contributed by atoms with van der Waals surface area (Å²) < 4.78 is 0. The van der Waals surface area contributed by atoms with Crippen LogP contribution in [0.25, 0.3) is 0 Å². The average molecular weight is 969 g/mol. The van der Waals surface area contributed by atoms with Crippen LogP contribution in [0.1, 0.15) is 303 Å². The number of carbonyl (C=O) groups is 1. The third kappa shape index (κ3) is 50.7. The molecule has 0 aliphatic rings. The number of unbranched alkanes of at least 4 members (excludes halogenated alkanes) is 36.